The lowest BCUT2D eigenvalue weighted by atomic mass is 10.0. The molecule has 126 valence electrons. The summed E-state index contributed by atoms with van der Waals surface area (Å²) in [4.78, 5) is 0.0659. The van der Waals surface area contributed by atoms with Crippen molar-refractivity contribution < 1.29 is 8.42 Å². The molecule has 2 N–H and O–H groups in total. The van der Waals surface area contributed by atoms with Gasteiger partial charge in [0, 0.05) is 17.3 Å². The van der Waals surface area contributed by atoms with Gasteiger partial charge in [-0.15, -0.1) is 6.42 Å². The largest absolute Gasteiger partial charge is 0.259 e. The minimum absolute atomic E-state index is 0.0659. The zero-order valence-corrected chi connectivity index (χ0v) is 14.5. The van der Waals surface area contributed by atoms with Crippen LogP contribution < -0.4 is 5.14 Å². The average molecular weight is 351 g/mol. The van der Waals surface area contributed by atoms with E-state index in [1.807, 2.05) is 37.4 Å². The Morgan fingerprint density at radius 1 is 1.08 bits per heavy atom. The Hall–Kier alpha value is -2.88. The lowest BCUT2D eigenvalue weighted by Crippen LogP contribution is -2.11. The highest BCUT2D eigenvalue weighted by molar-refractivity contribution is 7.89. The third-order valence-electron chi connectivity index (χ3n) is 3.83. The van der Waals surface area contributed by atoms with Crippen molar-refractivity contribution in [1.29, 1.82) is 0 Å². The summed E-state index contributed by atoms with van der Waals surface area (Å²) >= 11 is 0. The molecule has 3 rings (SSSR count). The van der Waals surface area contributed by atoms with E-state index >= 15 is 0 Å². The van der Waals surface area contributed by atoms with Crippen molar-refractivity contribution in [2.45, 2.75) is 18.4 Å². The molecule has 0 unspecified atom stereocenters. The lowest BCUT2D eigenvalue weighted by Gasteiger charge is -2.04. The van der Waals surface area contributed by atoms with E-state index < -0.39 is 10.0 Å². The summed E-state index contributed by atoms with van der Waals surface area (Å²) in [5.41, 5.74) is 4.63. The zero-order valence-electron chi connectivity index (χ0n) is 13.7. The molecule has 5 nitrogen and oxygen atoms in total. The number of sulfonamides is 1. The SMILES string of the molecule is C#CCn1cc(-c2ccc(C)cc2)c(-c2ccc(S(N)(=O)=O)cc2)n1. The van der Waals surface area contributed by atoms with Gasteiger partial charge in [0.1, 0.15) is 12.2 Å². The maximum Gasteiger partial charge on any atom is 0.238 e. The molecule has 0 spiro atoms. The van der Waals surface area contributed by atoms with Gasteiger partial charge in [0.2, 0.25) is 10.0 Å². The van der Waals surface area contributed by atoms with E-state index in [0.29, 0.717) is 6.54 Å². The Balaban J connectivity index is 2.11. The number of hydrogen-bond acceptors (Lipinski definition) is 3. The van der Waals surface area contributed by atoms with Crippen molar-refractivity contribution >= 4 is 10.0 Å². The minimum atomic E-state index is -3.72. The van der Waals surface area contributed by atoms with Gasteiger partial charge < -0.3 is 0 Å². The molecular formula is C19H17N3O2S. The summed E-state index contributed by atoms with van der Waals surface area (Å²) in [6.07, 6.45) is 7.29. The number of hydrogen-bond donors (Lipinski definition) is 1. The molecule has 0 fully saturated rings. The first-order valence-electron chi connectivity index (χ1n) is 7.59. The fraction of sp³-hybridized carbons (Fsp3) is 0.105. The van der Waals surface area contributed by atoms with E-state index in [4.69, 9.17) is 11.6 Å². The van der Waals surface area contributed by atoms with Crippen LogP contribution in [0.3, 0.4) is 0 Å². The first-order valence-corrected chi connectivity index (χ1v) is 9.14. The van der Waals surface area contributed by atoms with Crippen molar-refractivity contribution in [3.8, 4) is 34.7 Å². The van der Waals surface area contributed by atoms with Gasteiger partial charge in [0.05, 0.1) is 4.90 Å². The minimum Gasteiger partial charge on any atom is -0.259 e. The highest BCUT2D eigenvalue weighted by Crippen LogP contribution is 2.31. The molecule has 25 heavy (non-hydrogen) atoms. The maximum absolute atomic E-state index is 11.4. The van der Waals surface area contributed by atoms with E-state index in [1.54, 1.807) is 16.8 Å². The first kappa shape index (κ1) is 17.0. The van der Waals surface area contributed by atoms with Crippen LogP contribution in [0.4, 0.5) is 0 Å². The van der Waals surface area contributed by atoms with Crippen LogP contribution in [0, 0.1) is 19.3 Å². The smallest absolute Gasteiger partial charge is 0.238 e. The van der Waals surface area contributed by atoms with Gasteiger partial charge >= 0.3 is 0 Å². The molecule has 3 aromatic rings. The van der Waals surface area contributed by atoms with Gasteiger partial charge in [-0.2, -0.15) is 5.10 Å². The molecule has 0 aliphatic heterocycles. The molecule has 0 radical (unpaired) electrons. The van der Waals surface area contributed by atoms with Gasteiger partial charge in [0.15, 0.2) is 0 Å². The maximum atomic E-state index is 11.4. The van der Waals surface area contributed by atoms with Crippen molar-refractivity contribution in [1.82, 2.24) is 9.78 Å². The van der Waals surface area contributed by atoms with Gasteiger partial charge in [-0.1, -0.05) is 47.9 Å². The van der Waals surface area contributed by atoms with Crippen LogP contribution in [0.5, 0.6) is 0 Å². The number of primary sulfonamides is 1. The first-order chi connectivity index (χ1) is 11.9. The monoisotopic (exact) mass is 351 g/mol. The number of aryl methyl sites for hydroxylation is 1. The van der Waals surface area contributed by atoms with E-state index in [-0.39, 0.29) is 4.90 Å². The summed E-state index contributed by atoms with van der Waals surface area (Å²) in [7, 11) is -3.72. The van der Waals surface area contributed by atoms with Crippen LogP contribution in [-0.2, 0) is 16.6 Å². The molecule has 0 saturated heterocycles. The fourth-order valence-electron chi connectivity index (χ4n) is 2.56. The predicted molar refractivity (Wildman–Crippen MR) is 98.0 cm³/mol. The van der Waals surface area contributed by atoms with Crippen molar-refractivity contribution in [3.63, 3.8) is 0 Å². The Kier molecular flexibility index (Phi) is 4.45. The van der Waals surface area contributed by atoms with Crippen LogP contribution in [0.1, 0.15) is 5.56 Å². The quantitative estimate of drug-likeness (QED) is 0.734. The highest BCUT2D eigenvalue weighted by atomic mass is 32.2. The number of nitrogens with two attached hydrogens (primary N) is 1. The van der Waals surface area contributed by atoms with Crippen LogP contribution in [0.15, 0.2) is 59.6 Å². The summed E-state index contributed by atoms with van der Waals surface area (Å²) in [6.45, 7) is 2.38. The number of benzene rings is 2. The molecule has 0 saturated carbocycles. The third-order valence-corrected chi connectivity index (χ3v) is 4.76. The third kappa shape index (κ3) is 3.63. The Morgan fingerprint density at radius 2 is 1.68 bits per heavy atom. The molecule has 0 aliphatic rings. The molecule has 6 heteroatoms. The molecule has 1 aromatic heterocycles. The molecule has 2 aromatic carbocycles. The van der Waals surface area contributed by atoms with Crippen LogP contribution in [-0.4, -0.2) is 18.2 Å². The summed E-state index contributed by atoms with van der Waals surface area (Å²) in [6, 6.07) is 14.4. The van der Waals surface area contributed by atoms with Crippen molar-refractivity contribution in [3.05, 3.63) is 60.3 Å². The van der Waals surface area contributed by atoms with Crippen molar-refractivity contribution in [2.75, 3.05) is 0 Å². The predicted octanol–water partition coefficient (Wildman–Crippen LogP) is 2.81. The van der Waals surface area contributed by atoms with Gasteiger partial charge in [0.25, 0.3) is 0 Å². The van der Waals surface area contributed by atoms with Crippen LogP contribution >= 0.6 is 0 Å². The van der Waals surface area contributed by atoms with Gasteiger partial charge in [-0.3, -0.25) is 4.68 Å². The number of rotatable bonds is 4. The Labute approximate surface area is 147 Å². The molecule has 0 atom stereocenters. The second-order valence-corrected chi connectivity index (χ2v) is 7.29. The van der Waals surface area contributed by atoms with E-state index in [1.165, 1.54) is 17.7 Å². The van der Waals surface area contributed by atoms with E-state index in [0.717, 1.165) is 22.4 Å². The fourth-order valence-corrected chi connectivity index (χ4v) is 3.07. The summed E-state index contributed by atoms with van der Waals surface area (Å²) < 4.78 is 24.5. The van der Waals surface area contributed by atoms with Crippen LogP contribution in [0.2, 0.25) is 0 Å². The van der Waals surface area contributed by atoms with Crippen molar-refractivity contribution in [2.24, 2.45) is 5.14 Å². The van der Waals surface area contributed by atoms with Crippen LogP contribution in [0.25, 0.3) is 22.4 Å². The zero-order chi connectivity index (χ0) is 18.0. The van der Waals surface area contributed by atoms with Gasteiger partial charge in [-0.05, 0) is 24.6 Å². The molecule has 0 aliphatic carbocycles. The van der Waals surface area contributed by atoms with E-state index in [9.17, 15) is 8.42 Å². The number of aromatic nitrogens is 2. The molecular weight excluding hydrogens is 334 g/mol. The lowest BCUT2D eigenvalue weighted by molar-refractivity contribution is 0.598. The summed E-state index contributed by atoms with van der Waals surface area (Å²) in [5.74, 6) is 2.57. The molecule has 0 amide bonds. The molecule has 0 bridgehead atoms. The van der Waals surface area contributed by atoms with E-state index in [2.05, 4.69) is 11.0 Å². The average Bonchev–Trinajstić information content (AvgIpc) is 2.99. The Bertz CT molecular complexity index is 1040. The summed E-state index contributed by atoms with van der Waals surface area (Å²) in [5, 5.41) is 9.71. The normalized spacial score (nSPS) is 11.2. The highest BCUT2D eigenvalue weighted by Gasteiger charge is 2.14. The second-order valence-electron chi connectivity index (χ2n) is 5.73. The second kappa shape index (κ2) is 6.55. The topological polar surface area (TPSA) is 78.0 Å². The number of nitrogens with zero attached hydrogens (tertiary/aromatic N) is 2. The standard InChI is InChI=1S/C19H17N3O2S/c1-3-12-22-13-18(15-6-4-14(2)5-7-15)19(21-22)16-8-10-17(11-9-16)25(20,23)24/h1,4-11,13H,12H2,2H3,(H2,20,23,24). The Morgan fingerprint density at radius 3 is 2.24 bits per heavy atom. The molecule has 1 heterocycles. The van der Waals surface area contributed by atoms with Gasteiger partial charge in [-0.25, -0.2) is 13.6 Å². The number of terminal acetylenes is 1.